The first-order valence-corrected chi connectivity index (χ1v) is 7.32. The monoisotopic (exact) mass is 271 g/mol. The summed E-state index contributed by atoms with van der Waals surface area (Å²) in [5.74, 6) is 0.765. The van der Waals surface area contributed by atoms with E-state index in [1.54, 1.807) is 0 Å². The number of rotatable bonds is 7. The number of hydrogen-bond donors (Lipinski definition) is 1. The Morgan fingerprint density at radius 2 is 2.00 bits per heavy atom. The zero-order valence-corrected chi connectivity index (χ0v) is 13.0. The molecule has 0 aliphatic heterocycles. The molecule has 1 aromatic rings. The van der Waals surface area contributed by atoms with Gasteiger partial charge in [-0.05, 0) is 33.1 Å². The van der Waals surface area contributed by atoms with Crippen molar-refractivity contribution in [2.45, 2.75) is 66.6 Å². The van der Waals surface area contributed by atoms with Gasteiger partial charge in [-0.15, -0.1) is 0 Å². The lowest BCUT2D eigenvalue weighted by Gasteiger charge is -2.18. The van der Waals surface area contributed by atoms with E-state index in [0.29, 0.717) is 6.04 Å². The second kappa shape index (κ2) is 7.15. The standard InChI is InChI=1S/C14H26ClN3/c1-6-10(3)8-11(4)16-9-13-14(15)12(5)17-18(13)7-2/h10-11,16H,6-9H2,1-5H3. The number of nitrogens with one attached hydrogen (secondary N) is 1. The van der Waals surface area contributed by atoms with Crippen molar-refractivity contribution in [1.82, 2.24) is 15.1 Å². The third-order valence-corrected chi connectivity index (χ3v) is 4.02. The maximum atomic E-state index is 6.29. The molecule has 2 unspecified atom stereocenters. The van der Waals surface area contributed by atoms with Gasteiger partial charge in [0.2, 0.25) is 0 Å². The average molecular weight is 272 g/mol. The third-order valence-electron chi connectivity index (χ3n) is 3.52. The van der Waals surface area contributed by atoms with E-state index in [4.69, 9.17) is 11.6 Å². The first kappa shape index (κ1) is 15.5. The van der Waals surface area contributed by atoms with E-state index >= 15 is 0 Å². The van der Waals surface area contributed by atoms with Gasteiger partial charge in [0.15, 0.2) is 0 Å². The van der Waals surface area contributed by atoms with Crippen molar-refractivity contribution in [2.24, 2.45) is 5.92 Å². The number of halogens is 1. The number of nitrogens with zero attached hydrogens (tertiary/aromatic N) is 2. The molecule has 3 nitrogen and oxygen atoms in total. The van der Waals surface area contributed by atoms with Gasteiger partial charge in [0.25, 0.3) is 0 Å². The molecule has 0 fully saturated rings. The van der Waals surface area contributed by atoms with Gasteiger partial charge in [-0.3, -0.25) is 4.68 Å². The van der Waals surface area contributed by atoms with Crippen LogP contribution in [0.3, 0.4) is 0 Å². The van der Waals surface area contributed by atoms with Crippen LogP contribution < -0.4 is 5.32 Å². The molecule has 18 heavy (non-hydrogen) atoms. The van der Waals surface area contributed by atoms with Crippen LogP contribution >= 0.6 is 11.6 Å². The van der Waals surface area contributed by atoms with Crippen molar-refractivity contribution in [1.29, 1.82) is 0 Å². The lowest BCUT2D eigenvalue weighted by Crippen LogP contribution is -2.28. The summed E-state index contributed by atoms with van der Waals surface area (Å²) in [6, 6.07) is 0.511. The van der Waals surface area contributed by atoms with Crippen LogP contribution in [0.4, 0.5) is 0 Å². The zero-order valence-electron chi connectivity index (χ0n) is 12.3. The van der Waals surface area contributed by atoms with Crippen LogP contribution in [0, 0.1) is 12.8 Å². The Labute approximate surface area is 116 Å². The fourth-order valence-electron chi connectivity index (χ4n) is 2.16. The van der Waals surface area contributed by atoms with E-state index in [-0.39, 0.29) is 0 Å². The predicted molar refractivity (Wildman–Crippen MR) is 78.0 cm³/mol. The van der Waals surface area contributed by atoms with Gasteiger partial charge < -0.3 is 5.32 Å². The van der Waals surface area contributed by atoms with Gasteiger partial charge in [0, 0.05) is 19.1 Å². The summed E-state index contributed by atoms with van der Waals surface area (Å²) >= 11 is 6.29. The molecule has 1 aromatic heterocycles. The molecular formula is C14H26ClN3. The van der Waals surface area contributed by atoms with Crippen molar-refractivity contribution in [3.63, 3.8) is 0 Å². The molecular weight excluding hydrogens is 246 g/mol. The minimum absolute atomic E-state index is 0.511. The van der Waals surface area contributed by atoms with E-state index in [2.05, 4.69) is 38.1 Å². The highest BCUT2D eigenvalue weighted by molar-refractivity contribution is 6.31. The molecule has 0 amide bonds. The van der Waals surface area contributed by atoms with Crippen LogP contribution in [0.25, 0.3) is 0 Å². The summed E-state index contributed by atoms with van der Waals surface area (Å²) in [7, 11) is 0. The molecule has 0 aromatic carbocycles. The van der Waals surface area contributed by atoms with Gasteiger partial charge in [0.05, 0.1) is 16.4 Å². The highest BCUT2D eigenvalue weighted by atomic mass is 35.5. The van der Waals surface area contributed by atoms with Gasteiger partial charge in [-0.1, -0.05) is 31.9 Å². The molecule has 0 saturated heterocycles. The smallest absolute Gasteiger partial charge is 0.0860 e. The quantitative estimate of drug-likeness (QED) is 0.818. The first-order valence-electron chi connectivity index (χ1n) is 6.94. The first-order chi connectivity index (χ1) is 8.49. The van der Waals surface area contributed by atoms with E-state index in [1.807, 2.05) is 11.6 Å². The summed E-state index contributed by atoms with van der Waals surface area (Å²) in [5, 5.41) is 8.78. The van der Waals surface area contributed by atoms with E-state index < -0.39 is 0 Å². The average Bonchev–Trinajstić information content (AvgIpc) is 2.62. The predicted octanol–water partition coefficient (Wildman–Crippen LogP) is 3.78. The van der Waals surface area contributed by atoms with Crippen molar-refractivity contribution >= 4 is 11.6 Å². The topological polar surface area (TPSA) is 29.9 Å². The Hall–Kier alpha value is -0.540. The summed E-state index contributed by atoms with van der Waals surface area (Å²) in [6.45, 7) is 12.5. The van der Waals surface area contributed by atoms with E-state index in [1.165, 1.54) is 12.8 Å². The van der Waals surface area contributed by atoms with Crippen LogP contribution in [0.15, 0.2) is 0 Å². The fraction of sp³-hybridized carbons (Fsp3) is 0.786. The largest absolute Gasteiger partial charge is 0.309 e. The summed E-state index contributed by atoms with van der Waals surface area (Å²) in [4.78, 5) is 0. The van der Waals surface area contributed by atoms with Crippen LogP contribution in [0.2, 0.25) is 5.02 Å². The molecule has 0 aliphatic carbocycles. The summed E-state index contributed by atoms with van der Waals surface area (Å²) in [5.41, 5.74) is 2.03. The maximum absolute atomic E-state index is 6.29. The SMILES string of the molecule is CCC(C)CC(C)NCc1c(Cl)c(C)nn1CC. The molecule has 1 rings (SSSR count). The molecule has 0 bridgehead atoms. The van der Waals surface area contributed by atoms with Crippen molar-refractivity contribution in [2.75, 3.05) is 0 Å². The molecule has 0 spiro atoms. The van der Waals surface area contributed by atoms with Gasteiger partial charge in [-0.25, -0.2) is 0 Å². The lowest BCUT2D eigenvalue weighted by atomic mass is 10.0. The molecule has 1 N–H and O–H groups in total. The van der Waals surface area contributed by atoms with Gasteiger partial charge >= 0.3 is 0 Å². The number of hydrogen-bond acceptors (Lipinski definition) is 2. The van der Waals surface area contributed by atoms with Gasteiger partial charge in [-0.2, -0.15) is 5.10 Å². The normalized spacial score (nSPS) is 14.8. The Morgan fingerprint density at radius 1 is 1.33 bits per heavy atom. The van der Waals surface area contributed by atoms with E-state index in [0.717, 1.165) is 35.4 Å². The Kier molecular flexibility index (Phi) is 6.16. The fourth-order valence-corrected chi connectivity index (χ4v) is 2.36. The molecule has 0 saturated carbocycles. The molecule has 4 heteroatoms. The third kappa shape index (κ3) is 3.99. The Balaban J connectivity index is 2.57. The van der Waals surface area contributed by atoms with Crippen LogP contribution in [-0.2, 0) is 13.1 Å². The molecule has 104 valence electrons. The molecule has 0 radical (unpaired) electrons. The van der Waals surface area contributed by atoms with Crippen LogP contribution in [0.5, 0.6) is 0 Å². The highest BCUT2D eigenvalue weighted by Crippen LogP contribution is 2.20. The zero-order chi connectivity index (χ0) is 13.7. The molecule has 0 aliphatic rings. The summed E-state index contributed by atoms with van der Waals surface area (Å²) in [6.07, 6.45) is 2.44. The second-order valence-electron chi connectivity index (χ2n) is 5.19. The van der Waals surface area contributed by atoms with Crippen LogP contribution in [-0.4, -0.2) is 15.8 Å². The van der Waals surface area contributed by atoms with Crippen LogP contribution in [0.1, 0.15) is 51.9 Å². The van der Waals surface area contributed by atoms with E-state index in [9.17, 15) is 0 Å². The lowest BCUT2D eigenvalue weighted by molar-refractivity contribution is 0.406. The minimum atomic E-state index is 0.511. The van der Waals surface area contributed by atoms with Crippen molar-refractivity contribution < 1.29 is 0 Å². The number of aromatic nitrogens is 2. The minimum Gasteiger partial charge on any atom is -0.309 e. The Bertz CT molecular complexity index is 373. The molecule has 1 heterocycles. The van der Waals surface area contributed by atoms with Gasteiger partial charge in [0.1, 0.15) is 0 Å². The molecule has 2 atom stereocenters. The maximum Gasteiger partial charge on any atom is 0.0860 e. The van der Waals surface area contributed by atoms with Crippen molar-refractivity contribution in [3.8, 4) is 0 Å². The second-order valence-corrected chi connectivity index (χ2v) is 5.57. The number of aryl methyl sites for hydroxylation is 2. The van der Waals surface area contributed by atoms with Crippen molar-refractivity contribution in [3.05, 3.63) is 16.4 Å². The summed E-state index contributed by atoms with van der Waals surface area (Å²) < 4.78 is 1.99. The Morgan fingerprint density at radius 3 is 2.56 bits per heavy atom. The highest BCUT2D eigenvalue weighted by Gasteiger charge is 2.13.